The quantitative estimate of drug-likeness (QED) is 0.154. The molecule has 0 fully saturated rings. The van der Waals surface area contributed by atoms with Crippen LogP contribution in [-0.2, 0) is 43.3 Å². The van der Waals surface area contributed by atoms with Crippen molar-refractivity contribution in [3.63, 3.8) is 0 Å². The van der Waals surface area contributed by atoms with Crippen LogP contribution in [-0.4, -0.2) is 6.71 Å². The van der Waals surface area contributed by atoms with Crippen molar-refractivity contribution in [2.45, 2.75) is 195 Å². The maximum Gasteiger partial charge on any atom is 0.252 e. The van der Waals surface area contributed by atoms with Gasteiger partial charge in [0.25, 0.3) is 6.71 Å². The van der Waals surface area contributed by atoms with Crippen LogP contribution in [0, 0.1) is 6.92 Å². The maximum absolute atomic E-state index is 2.73. The van der Waals surface area contributed by atoms with Gasteiger partial charge in [-0.2, -0.15) is 0 Å². The van der Waals surface area contributed by atoms with Crippen LogP contribution in [0.3, 0.4) is 0 Å². The molecular weight excluding hydrogens is 1060 g/mol. The smallest absolute Gasteiger partial charge is 0.252 e. The van der Waals surface area contributed by atoms with Crippen LogP contribution in [0.2, 0.25) is 0 Å². The number of nitrogens with zero attached hydrogens (tertiary/aromatic N) is 3. The molecule has 4 aliphatic rings. The van der Waals surface area contributed by atoms with E-state index in [-0.39, 0.29) is 50.0 Å². The van der Waals surface area contributed by atoms with Crippen molar-refractivity contribution >= 4 is 74.3 Å². The number of benzene rings is 9. The first-order chi connectivity index (χ1) is 41.1. The van der Waals surface area contributed by atoms with E-state index in [0.29, 0.717) is 0 Å². The fraction of sp³-hybridized carbons (Fsp3) is 0.357. The summed E-state index contributed by atoms with van der Waals surface area (Å²) in [5, 5.41) is 0. The van der Waals surface area contributed by atoms with E-state index in [2.05, 4.69) is 336 Å². The van der Waals surface area contributed by atoms with Crippen molar-refractivity contribution < 1.29 is 0 Å². The third kappa shape index (κ3) is 9.42. The third-order valence-electron chi connectivity index (χ3n) is 21.0. The number of fused-ring (bicyclic) bond motifs is 7. The second-order valence-electron chi connectivity index (χ2n) is 33.2. The number of hydrogen-bond acceptors (Lipinski definition) is 3. The van der Waals surface area contributed by atoms with Gasteiger partial charge < -0.3 is 14.7 Å². The summed E-state index contributed by atoms with van der Waals surface area (Å²) in [7, 11) is 0. The molecule has 13 rings (SSSR count). The van der Waals surface area contributed by atoms with Crippen molar-refractivity contribution in [2.75, 3.05) is 14.7 Å². The normalized spacial score (nSPS) is 16.7. The summed E-state index contributed by atoms with van der Waals surface area (Å²) in [6.07, 6.45) is 1.08. The van der Waals surface area contributed by atoms with E-state index in [4.69, 9.17) is 0 Å². The number of aryl methyl sites for hydroxylation is 1. The first kappa shape index (κ1) is 59.4. The second-order valence-corrected chi connectivity index (χ2v) is 33.2. The molecule has 0 radical (unpaired) electrons. The van der Waals surface area contributed by atoms with Gasteiger partial charge in [-0.15, -0.1) is 0 Å². The van der Waals surface area contributed by atoms with Crippen molar-refractivity contribution in [1.29, 1.82) is 0 Å². The average molecular weight is 1160 g/mol. The predicted molar refractivity (Wildman–Crippen MR) is 381 cm³/mol. The van der Waals surface area contributed by atoms with Crippen LogP contribution < -0.4 is 31.1 Å². The zero-order chi connectivity index (χ0) is 63.0. The summed E-state index contributed by atoms with van der Waals surface area (Å²) in [6.45, 7) is 50.1. The fourth-order valence-electron chi connectivity index (χ4n) is 16.1. The molecule has 0 saturated carbocycles. The van der Waals surface area contributed by atoms with Gasteiger partial charge in [0.05, 0.1) is 11.4 Å². The van der Waals surface area contributed by atoms with Gasteiger partial charge in [0.15, 0.2) is 0 Å². The monoisotopic (exact) mass is 1160 g/mol. The van der Waals surface area contributed by atoms with Crippen LogP contribution in [0.15, 0.2) is 176 Å². The Hall–Kier alpha value is -7.56. The Morgan fingerprint density at radius 2 is 0.750 bits per heavy atom. The molecule has 0 bridgehead atoms. The van der Waals surface area contributed by atoms with Crippen molar-refractivity contribution in [2.24, 2.45) is 0 Å². The molecule has 0 atom stereocenters. The minimum Gasteiger partial charge on any atom is -0.311 e. The lowest BCUT2D eigenvalue weighted by Crippen LogP contribution is -2.62. The molecule has 448 valence electrons. The Kier molecular flexibility index (Phi) is 13.3. The molecule has 3 nitrogen and oxygen atoms in total. The summed E-state index contributed by atoms with van der Waals surface area (Å²) in [4.78, 5) is 7.99. The molecule has 2 aliphatic carbocycles. The summed E-state index contributed by atoms with van der Waals surface area (Å²) in [5.74, 6) is 0. The molecule has 2 aliphatic heterocycles. The standard InChI is InChI=1S/C84H94BN3/c1-52-43-56(79(8,9)10)35-41-70(52)87-72-49-65-64(81(14,15)51-82(65,16)17)47-68(72)85-69-48-66-67(84(20,21)63-30-26-25-29-62(63)83(66,18)19)50-73(69)88(71-42-36-57(80(11,12)13)44-61(71)53-27-23-22-24-28-53)75-46-60(45-74(87)76(75)85)86(58-37-31-54(32-38-58)77(2,3)4)59-39-33-55(34-40-59)78(5,6)7/h22-50H,51H2,1-21H3. The van der Waals surface area contributed by atoms with Crippen molar-refractivity contribution in [1.82, 2.24) is 0 Å². The highest BCUT2D eigenvalue weighted by atomic mass is 15.2. The molecule has 0 N–H and O–H groups in total. The zero-order valence-corrected chi connectivity index (χ0v) is 56.9. The van der Waals surface area contributed by atoms with Crippen molar-refractivity contribution in [3.8, 4) is 11.1 Å². The van der Waals surface area contributed by atoms with E-state index in [1.54, 1.807) is 0 Å². The lowest BCUT2D eigenvalue weighted by atomic mass is 9.32. The fourth-order valence-corrected chi connectivity index (χ4v) is 16.1. The average Bonchev–Trinajstić information content (AvgIpc) is 0.873. The topological polar surface area (TPSA) is 9.72 Å². The van der Waals surface area contributed by atoms with E-state index in [1.165, 1.54) is 123 Å². The predicted octanol–water partition coefficient (Wildman–Crippen LogP) is 21.3. The molecule has 4 heteroatoms. The zero-order valence-electron chi connectivity index (χ0n) is 56.9. The van der Waals surface area contributed by atoms with E-state index in [9.17, 15) is 0 Å². The van der Waals surface area contributed by atoms with Gasteiger partial charge in [0, 0.05) is 56.2 Å². The Balaban J connectivity index is 1.23. The SMILES string of the molecule is Cc1cc(C(C)(C)C)ccc1N1c2cc3c(cc2B2c4cc5c(cc4N(c4ccc(C(C)(C)C)cc4-c4ccccc4)c4cc(N(c6ccc(C(C)(C)C)cc6)c6ccc(C(C)(C)C)cc6)cc1c42)C(C)(C)c1ccccc1C5(C)C)C(C)(C)CC3(C)C. The minimum atomic E-state index is -0.294. The van der Waals surface area contributed by atoms with Gasteiger partial charge in [0.1, 0.15) is 0 Å². The molecule has 9 aromatic rings. The molecule has 0 aromatic heterocycles. The van der Waals surface area contributed by atoms with E-state index < -0.39 is 0 Å². The molecule has 0 amide bonds. The first-order valence-electron chi connectivity index (χ1n) is 32.7. The second kappa shape index (κ2) is 19.7. The highest BCUT2D eigenvalue weighted by Gasteiger charge is 2.51. The Bertz CT molecular complexity index is 4220. The number of rotatable bonds is 6. The molecule has 0 unspecified atom stereocenters. The summed E-state index contributed by atoms with van der Waals surface area (Å²) < 4.78 is 0. The molecule has 0 spiro atoms. The number of hydrogen-bond donors (Lipinski definition) is 0. The Labute approximate surface area is 529 Å². The lowest BCUT2D eigenvalue weighted by Gasteiger charge is -2.49. The van der Waals surface area contributed by atoms with Gasteiger partial charge in [-0.1, -0.05) is 248 Å². The summed E-state index contributed by atoms with van der Waals surface area (Å²) in [6, 6.07) is 70.0. The van der Waals surface area contributed by atoms with Gasteiger partial charge in [-0.3, -0.25) is 0 Å². The molecule has 88 heavy (non-hydrogen) atoms. The van der Waals surface area contributed by atoms with Crippen molar-refractivity contribution in [3.05, 3.63) is 237 Å². The minimum absolute atomic E-state index is 0.0150. The number of anilines is 9. The van der Waals surface area contributed by atoms with Gasteiger partial charge in [-0.05, 0) is 196 Å². The molecule has 9 aromatic carbocycles. The first-order valence-corrected chi connectivity index (χ1v) is 32.7. The Morgan fingerprint density at radius 3 is 1.23 bits per heavy atom. The van der Waals surface area contributed by atoms with Crippen LogP contribution in [0.1, 0.15) is 206 Å². The van der Waals surface area contributed by atoms with E-state index in [0.717, 1.165) is 23.5 Å². The van der Waals surface area contributed by atoms with Crippen LogP contribution in [0.25, 0.3) is 11.1 Å². The third-order valence-corrected chi connectivity index (χ3v) is 21.0. The molecule has 0 saturated heterocycles. The van der Waals surface area contributed by atoms with Crippen LogP contribution in [0.4, 0.5) is 51.2 Å². The molecular formula is C84H94BN3. The highest BCUT2D eigenvalue weighted by Crippen LogP contribution is 2.57. The van der Waals surface area contributed by atoms with Gasteiger partial charge in [0.2, 0.25) is 0 Å². The maximum atomic E-state index is 2.73. The summed E-state index contributed by atoms with van der Waals surface area (Å²) >= 11 is 0. The lowest BCUT2D eigenvalue weighted by molar-refractivity contribution is 0.403. The largest absolute Gasteiger partial charge is 0.311 e. The van der Waals surface area contributed by atoms with Gasteiger partial charge in [-0.25, -0.2) is 0 Å². The Morgan fingerprint density at radius 1 is 0.352 bits per heavy atom. The highest BCUT2D eigenvalue weighted by molar-refractivity contribution is 7.00. The van der Waals surface area contributed by atoms with E-state index in [1.807, 2.05) is 0 Å². The van der Waals surface area contributed by atoms with Gasteiger partial charge >= 0.3 is 0 Å². The van der Waals surface area contributed by atoms with Crippen LogP contribution >= 0.6 is 0 Å². The van der Waals surface area contributed by atoms with E-state index >= 15 is 0 Å². The summed E-state index contributed by atoms with van der Waals surface area (Å²) in [5.41, 5.74) is 31.4. The van der Waals surface area contributed by atoms with Crippen LogP contribution in [0.5, 0.6) is 0 Å². The molecule has 2 heterocycles.